The first-order valence-electron chi connectivity index (χ1n) is 7.99. The van der Waals surface area contributed by atoms with Gasteiger partial charge in [0.1, 0.15) is 11.6 Å². The number of ether oxygens (including phenoxy) is 1. The highest BCUT2D eigenvalue weighted by Gasteiger charge is 2.18. The van der Waals surface area contributed by atoms with Crippen molar-refractivity contribution < 1.29 is 23.8 Å². The standard InChI is InChI=1S/C19H20FNO4/c20-15-10-8-14(9-11-15)17(13-19(23)24)21-18(22)7-4-12-25-16-5-2-1-3-6-16/h1-3,5-6,8-11,17H,4,7,12-13H2,(H,21,22)(H,23,24). The average molecular weight is 345 g/mol. The zero-order chi connectivity index (χ0) is 18.1. The Morgan fingerprint density at radius 1 is 1.08 bits per heavy atom. The number of aliphatic carboxylic acids is 1. The predicted octanol–water partition coefficient (Wildman–Crippen LogP) is 3.32. The Morgan fingerprint density at radius 3 is 2.40 bits per heavy atom. The number of nitrogens with one attached hydrogen (secondary N) is 1. The van der Waals surface area contributed by atoms with Gasteiger partial charge in [0.25, 0.3) is 0 Å². The van der Waals surface area contributed by atoms with Crippen LogP contribution in [0.2, 0.25) is 0 Å². The lowest BCUT2D eigenvalue weighted by atomic mass is 10.0. The van der Waals surface area contributed by atoms with Crippen LogP contribution >= 0.6 is 0 Å². The van der Waals surface area contributed by atoms with Gasteiger partial charge in [0, 0.05) is 6.42 Å². The minimum Gasteiger partial charge on any atom is -0.494 e. The van der Waals surface area contributed by atoms with Crippen molar-refractivity contribution in [3.63, 3.8) is 0 Å². The van der Waals surface area contributed by atoms with E-state index in [9.17, 15) is 14.0 Å². The van der Waals surface area contributed by atoms with Crippen LogP contribution in [0.3, 0.4) is 0 Å². The number of rotatable bonds is 9. The first kappa shape index (κ1) is 18.4. The molecule has 132 valence electrons. The van der Waals surface area contributed by atoms with Crippen LogP contribution in [0.15, 0.2) is 54.6 Å². The number of carboxylic acid groups (broad SMARTS) is 1. The number of hydrogen-bond donors (Lipinski definition) is 2. The molecule has 0 bridgehead atoms. The number of amides is 1. The monoisotopic (exact) mass is 345 g/mol. The summed E-state index contributed by atoms with van der Waals surface area (Å²) < 4.78 is 18.5. The van der Waals surface area contributed by atoms with Gasteiger partial charge in [-0.15, -0.1) is 0 Å². The second-order valence-corrected chi connectivity index (χ2v) is 5.53. The smallest absolute Gasteiger partial charge is 0.305 e. The summed E-state index contributed by atoms with van der Waals surface area (Å²) in [5.74, 6) is -0.991. The molecule has 25 heavy (non-hydrogen) atoms. The molecule has 0 radical (unpaired) electrons. The Bertz CT molecular complexity index is 688. The fraction of sp³-hybridized carbons (Fsp3) is 0.263. The molecular formula is C19H20FNO4. The van der Waals surface area contributed by atoms with Crippen molar-refractivity contribution >= 4 is 11.9 Å². The highest BCUT2D eigenvalue weighted by Crippen LogP contribution is 2.18. The van der Waals surface area contributed by atoms with Gasteiger partial charge in [-0.25, -0.2) is 4.39 Å². The Morgan fingerprint density at radius 2 is 1.76 bits per heavy atom. The van der Waals surface area contributed by atoms with Crippen LogP contribution in [0, 0.1) is 5.82 Å². The second-order valence-electron chi connectivity index (χ2n) is 5.53. The highest BCUT2D eigenvalue weighted by atomic mass is 19.1. The van der Waals surface area contributed by atoms with Crippen molar-refractivity contribution in [2.75, 3.05) is 6.61 Å². The summed E-state index contributed by atoms with van der Waals surface area (Å²) in [4.78, 5) is 23.1. The lowest BCUT2D eigenvalue weighted by Gasteiger charge is -2.17. The minimum atomic E-state index is -1.04. The second kappa shape index (κ2) is 9.42. The van der Waals surface area contributed by atoms with E-state index in [0.29, 0.717) is 18.6 Å². The number of halogens is 1. The van der Waals surface area contributed by atoms with Crippen LogP contribution in [0.4, 0.5) is 4.39 Å². The fourth-order valence-corrected chi connectivity index (χ4v) is 2.33. The molecule has 0 spiro atoms. The third-order valence-electron chi connectivity index (χ3n) is 3.55. The van der Waals surface area contributed by atoms with Gasteiger partial charge in [-0.05, 0) is 36.2 Å². The topological polar surface area (TPSA) is 75.6 Å². The summed E-state index contributed by atoms with van der Waals surface area (Å²) in [6.07, 6.45) is 0.450. The number of carbonyl (C=O) groups excluding carboxylic acids is 1. The number of carbonyl (C=O) groups is 2. The van der Waals surface area contributed by atoms with Crippen molar-refractivity contribution in [2.45, 2.75) is 25.3 Å². The van der Waals surface area contributed by atoms with Crippen LogP contribution in [0.25, 0.3) is 0 Å². The number of benzene rings is 2. The molecule has 2 aromatic carbocycles. The van der Waals surface area contributed by atoms with Gasteiger partial charge in [-0.2, -0.15) is 0 Å². The summed E-state index contributed by atoms with van der Waals surface area (Å²) in [5, 5.41) is 11.7. The Hall–Kier alpha value is -2.89. The van der Waals surface area contributed by atoms with E-state index in [2.05, 4.69) is 5.32 Å². The molecule has 1 atom stereocenters. The van der Waals surface area contributed by atoms with Gasteiger partial charge in [0.15, 0.2) is 0 Å². The molecule has 2 rings (SSSR count). The maximum Gasteiger partial charge on any atom is 0.305 e. The molecule has 2 aromatic rings. The zero-order valence-corrected chi connectivity index (χ0v) is 13.7. The molecule has 5 nitrogen and oxygen atoms in total. The lowest BCUT2D eigenvalue weighted by Crippen LogP contribution is -2.30. The Kier molecular flexibility index (Phi) is 6.95. The third-order valence-corrected chi connectivity index (χ3v) is 3.55. The molecular weight excluding hydrogens is 325 g/mol. The molecule has 0 aliphatic heterocycles. The van der Waals surface area contributed by atoms with Gasteiger partial charge >= 0.3 is 5.97 Å². The fourth-order valence-electron chi connectivity index (χ4n) is 2.33. The van der Waals surface area contributed by atoms with Crippen LogP contribution in [0.5, 0.6) is 5.75 Å². The summed E-state index contributed by atoms with van der Waals surface area (Å²) in [7, 11) is 0. The molecule has 0 saturated carbocycles. The molecule has 1 amide bonds. The van der Waals surface area contributed by atoms with Gasteiger partial charge in [-0.1, -0.05) is 30.3 Å². The molecule has 0 saturated heterocycles. The maximum absolute atomic E-state index is 13.0. The summed E-state index contributed by atoms with van der Waals surface area (Å²) in [6, 6.07) is 14.0. The molecule has 1 unspecified atom stereocenters. The molecule has 2 N–H and O–H groups in total. The van der Waals surface area contributed by atoms with E-state index in [1.807, 2.05) is 30.3 Å². The Labute approximate surface area is 145 Å². The number of para-hydroxylation sites is 1. The number of hydrogen-bond acceptors (Lipinski definition) is 3. The lowest BCUT2D eigenvalue weighted by molar-refractivity contribution is -0.137. The third kappa shape index (κ3) is 6.63. The molecule has 0 aliphatic carbocycles. The van der Waals surface area contributed by atoms with Crippen molar-refractivity contribution in [2.24, 2.45) is 0 Å². The van der Waals surface area contributed by atoms with E-state index in [1.165, 1.54) is 24.3 Å². The summed E-state index contributed by atoms with van der Waals surface area (Å²) in [5.41, 5.74) is 0.553. The first-order valence-corrected chi connectivity index (χ1v) is 7.99. The molecule has 0 aromatic heterocycles. The van der Waals surface area contributed by atoms with E-state index in [4.69, 9.17) is 9.84 Å². The first-order chi connectivity index (χ1) is 12.0. The average Bonchev–Trinajstić information content (AvgIpc) is 2.59. The van der Waals surface area contributed by atoms with Gasteiger partial charge in [0.05, 0.1) is 19.1 Å². The molecule has 6 heteroatoms. The minimum absolute atomic E-state index is 0.212. The van der Waals surface area contributed by atoms with E-state index in [-0.39, 0.29) is 18.7 Å². The Balaban J connectivity index is 1.82. The summed E-state index contributed by atoms with van der Waals surface area (Å²) >= 11 is 0. The van der Waals surface area contributed by atoms with Gasteiger partial charge in [0.2, 0.25) is 5.91 Å². The predicted molar refractivity (Wildman–Crippen MR) is 90.7 cm³/mol. The largest absolute Gasteiger partial charge is 0.494 e. The van der Waals surface area contributed by atoms with E-state index in [1.54, 1.807) is 0 Å². The maximum atomic E-state index is 13.0. The quantitative estimate of drug-likeness (QED) is 0.684. The van der Waals surface area contributed by atoms with Crippen molar-refractivity contribution in [3.05, 3.63) is 66.0 Å². The molecule has 0 aliphatic rings. The van der Waals surface area contributed by atoms with Crippen LogP contribution < -0.4 is 10.1 Å². The zero-order valence-electron chi connectivity index (χ0n) is 13.7. The van der Waals surface area contributed by atoms with Crippen LogP contribution in [-0.2, 0) is 9.59 Å². The summed E-state index contributed by atoms with van der Waals surface area (Å²) in [6.45, 7) is 0.386. The van der Waals surface area contributed by atoms with Crippen molar-refractivity contribution in [1.29, 1.82) is 0 Å². The van der Waals surface area contributed by atoms with E-state index in [0.717, 1.165) is 5.75 Å². The van der Waals surface area contributed by atoms with Gasteiger partial charge < -0.3 is 15.2 Å². The SMILES string of the molecule is O=C(O)CC(NC(=O)CCCOc1ccccc1)c1ccc(F)cc1. The highest BCUT2D eigenvalue weighted by molar-refractivity contribution is 5.77. The normalized spacial score (nSPS) is 11.6. The molecule has 0 heterocycles. The van der Waals surface area contributed by atoms with Crippen molar-refractivity contribution in [3.8, 4) is 5.75 Å². The van der Waals surface area contributed by atoms with Crippen LogP contribution in [-0.4, -0.2) is 23.6 Å². The van der Waals surface area contributed by atoms with E-state index >= 15 is 0 Å². The number of carboxylic acids is 1. The molecule has 0 fully saturated rings. The van der Waals surface area contributed by atoms with E-state index < -0.39 is 17.8 Å². The van der Waals surface area contributed by atoms with Crippen LogP contribution in [0.1, 0.15) is 30.9 Å². The van der Waals surface area contributed by atoms with Crippen molar-refractivity contribution in [1.82, 2.24) is 5.32 Å². The van der Waals surface area contributed by atoms with Gasteiger partial charge in [-0.3, -0.25) is 9.59 Å².